The Hall–Kier alpha value is -7.42. The number of hydrogen-bond donors (Lipinski definition) is 0. The van der Waals surface area contributed by atoms with Crippen molar-refractivity contribution in [2.45, 2.75) is 51.1 Å². The molecule has 10 rings (SSSR count). The average Bonchev–Trinajstić information content (AvgIpc) is 3.67. The topological polar surface area (TPSA) is 6.48 Å². The Labute approximate surface area is 379 Å². The molecule has 64 heavy (non-hydrogen) atoms. The molecule has 0 fully saturated rings. The fourth-order valence-corrected chi connectivity index (χ4v) is 10.2. The SMILES string of the molecule is CC(C)c1cccc(C(C)C)c1N1C(c2ccc(N(c3ccc(-c4ccccc4)cc3)c3ccc(-c4ccccc4)cc3)cc2)c2ccccc2C1(c1ccccc1)c1ccccc1. The maximum atomic E-state index is 2.81. The summed E-state index contributed by atoms with van der Waals surface area (Å²) < 4.78 is 0. The van der Waals surface area contributed by atoms with Gasteiger partial charge in [-0.15, -0.1) is 0 Å². The molecule has 0 aromatic heterocycles. The van der Waals surface area contributed by atoms with E-state index in [-0.39, 0.29) is 6.04 Å². The monoisotopic (exact) mass is 826 g/mol. The minimum absolute atomic E-state index is 0.0909. The van der Waals surface area contributed by atoms with Crippen molar-refractivity contribution >= 4 is 22.7 Å². The van der Waals surface area contributed by atoms with Crippen LogP contribution in [-0.4, -0.2) is 0 Å². The van der Waals surface area contributed by atoms with E-state index in [0.717, 1.165) is 17.1 Å². The Morgan fingerprint density at radius 2 is 0.750 bits per heavy atom. The van der Waals surface area contributed by atoms with Crippen molar-refractivity contribution < 1.29 is 0 Å². The van der Waals surface area contributed by atoms with Gasteiger partial charge in [0.2, 0.25) is 0 Å². The smallest absolute Gasteiger partial charge is 0.117 e. The highest BCUT2D eigenvalue weighted by Gasteiger charge is 2.54. The number of fused-ring (bicyclic) bond motifs is 1. The lowest BCUT2D eigenvalue weighted by atomic mass is 9.76. The van der Waals surface area contributed by atoms with Crippen molar-refractivity contribution in [3.05, 3.63) is 276 Å². The van der Waals surface area contributed by atoms with Crippen LogP contribution in [0.4, 0.5) is 22.7 Å². The third kappa shape index (κ3) is 7.19. The summed E-state index contributed by atoms with van der Waals surface area (Å²) in [5, 5.41) is 0. The molecule has 1 heterocycles. The van der Waals surface area contributed by atoms with Crippen molar-refractivity contribution in [3.63, 3.8) is 0 Å². The van der Waals surface area contributed by atoms with Crippen molar-refractivity contribution in [2.24, 2.45) is 0 Å². The highest BCUT2D eigenvalue weighted by atomic mass is 15.3. The summed E-state index contributed by atoms with van der Waals surface area (Å²) in [7, 11) is 0. The van der Waals surface area contributed by atoms with E-state index >= 15 is 0 Å². The van der Waals surface area contributed by atoms with Gasteiger partial charge in [-0.2, -0.15) is 0 Å². The van der Waals surface area contributed by atoms with Crippen molar-refractivity contribution in [2.75, 3.05) is 9.80 Å². The lowest BCUT2D eigenvalue weighted by Crippen LogP contribution is -2.46. The Bertz CT molecular complexity index is 2810. The summed E-state index contributed by atoms with van der Waals surface area (Å²) >= 11 is 0. The van der Waals surface area contributed by atoms with Crippen molar-refractivity contribution in [1.82, 2.24) is 0 Å². The van der Waals surface area contributed by atoms with Gasteiger partial charge in [0.15, 0.2) is 0 Å². The molecule has 1 unspecified atom stereocenters. The quantitative estimate of drug-likeness (QED) is 0.128. The van der Waals surface area contributed by atoms with Crippen LogP contribution in [0, 0.1) is 0 Å². The third-order valence-electron chi connectivity index (χ3n) is 13.2. The zero-order valence-electron chi connectivity index (χ0n) is 37.1. The van der Waals surface area contributed by atoms with Gasteiger partial charge in [-0.3, -0.25) is 0 Å². The predicted molar refractivity (Wildman–Crippen MR) is 270 cm³/mol. The molecule has 0 amide bonds. The summed E-state index contributed by atoms with van der Waals surface area (Å²) in [4.78, 5) is 5.20. The Morgan fingerprint density at radius 1 is 0.375 bits per heavy atom. The average molecular weight is 827 g/mol. The van der Waals surface area contributed by atoms with Gasteiger partial charge >= 0.3 is 0 Å². The number of hydrogen-bond acceptors (Lipinski definition) is 2. The Kier molecular flexibility index (Phi) is 11.0. The van der Waals surface area contributed by atoms with Gasteiger partial charge in [0.25, 0.3) is 0 Å². The highest BCUT2D eigenvalue weighted by molar-refractivity contribution is 5.81. The molecule has 2 nitrogen and oxygen atoms in total. The third-order valence-corrected chi connectivity index (χ3v) is 13.2. The fourth-order valence-electron chi connectivity index (χ4n) is 10.2. The zero-order valence-corrected chi connectivity index (χ0v) is 37.1. The maximum Gasteiger partial charge on any atom is 0.117 e. The molecule has 1 atom stereocenters. The molecule has 1 aliphatic heterocycles. The Balaban J connectivity index is 1.17. The van der Waals surface area contributed by atoms with Gasteiger partial charge in [-0.1, -0.05) is 228 Å². The standard InChI is InChI=1S/C62H54N2/c1-44(2)56-29-19-30-57(45(3)4)61(56)64-60(58-28-17-18-31-59(58)62(64,51-24-13-7-14-25-51)52-26-15-8-16-27-52)50-36-42-55(43-37-50)63(53-38-32-48(33-39-53)46-20-9-5-10-21-46)54-40-34-49(35-41-54)47-22-11-6-12-23-47/h5-45,60H,1-4H3. The molecule has 0 saturated carbocycles. The predicted octanol–water partition coefficient (Wildman–Crippen LogP) is 16.6. The van der Waals surface area contributed by atoms with E-state index in [1.165, 1.54) is 66.9 Å². The molecule has 0 radical (unpaired) electrons. The minimum Gasteiger partial charge on any atom is -0.342 e. The van der Waals surface area contributed by atoms with Crippen LogP contribution < -0.4 is 9.80 Å². The molecule has 0 spiro atoms. The van der Waals surface area contributed by atoms with Gasteiger partial charge in [0.1, 0.15) is 5.54 Å². The molecule has 2 heteroatoms. The first-order chi connectivity index (χ1) is 31.4. The second kappa shape index (κ2) is 17.4. The second-order valence-electron chi connectivity index (χ2n) is 17.6. The number of anilines is 4. The van der Waals surface area contributed by atoms with Crippen LogP contribution in [0.1, 0.15) is 84.5 Å². The first-order valence-electron chi connectivity index (χ1n) is 22.8. The van der Waals surface area contributed by atoms with Gasteiger partial charge in [-0.05, 0) is 109 Å². The van der Waals surface area contributed by atoms with Crippen molar-refractivity contribution in [3.8, 4) is 22.3 Å². The molecule has 0 N–H and O–H groups in total. The van der Waals surface area contributed by atoms with Crippen LogP contribution in [0.5, 0.6) is 0 Å². The van der Waals surface area contributed by atoms with Crippen LogP contribution in [0.2, 0.25) is 0 Å². The van der Waals surface area contributed by atoms with Crippen LogP contribution >= 0.6 is 0 Å². The van der Waals surface area contributed by atoms with E-state index in [1.807, 2.05) is 0 Å². The summed E-state index contributed by atoms with van der Waals surface area (Å²) in [6, 6.07) is 87.1. The molecule has 0 bridgehead atoms. The molecular formula is C62H54N2. The van der Waals surface area contributed by atoms with E-state index in [4.69, 9.17) is 0 Å². The van der Waals surface area contributed by atoms with Gasteiger partial charge in [0, 0.05) is 22.7 Å². The van der Waals surface area contributed by atoms with Crippen LogP contribution in [0.25, 0.3) is 22.3 Å². The molecule has 9 aromatic rings. The lowest BCUT2D eigenvalue weighted by molar-refractivity contribution is 0.563. The summed E-state index contributed by atoms with van der Waals surface area (Å²) in [5.41, 5.74) is 17.9. The Morgan fingerprint density at radius 3 is 1.19 bits per heavy atom. The van der Waals surface area contributed by atoms with E-state index in [1.54, 1.807) is 0 Å². The van der Waals surface area contributed by atoms with Crippen LogP contribution in [0.3, 0.4) is 0 Å². The number of nitrogens with zero attached hydrogens (tertiary/aromatic N) is 2. The maximum absolute atomic E-state index is 2.81. The molecule has 9 aromatic carbocycles. The van der Waals surface area contributed by atoms with E-state index in [0.29, 0.717) is 11.8 Å². The highest BCUT2D eigenvalue weighted by Crippen LogP contribution is 2.59. The molecular weight excluding hydrogens is 773 g/mol. The van der Waals surface area contributed by atoms with Gasteiger partial charge < -0.3 is 9.80 Å². The first kappa shape index (κ1) is 40.6. The van der Waals surface area contributed by atoms with E-state index in [9.17, 15) is 0 Å². The minimum atomic E-state index is -0.621. The van der Waals surface area contributed by atoms with Gasteiger partial charge in [0.05, 0.1) is 6.04 Å². The van der Waals surface area contributed by atoms with Gasteiger partial charge in [-0.25, -0.2) is 0 Å². The summed E-state index contributed by atoms with van der Waals surface area (Å²) in [6.45, 7) is 9.37. The molecule has 0 aliphatic carbocycles. The number of benzene rings is 9. The van der Waals surface area contributed by atoms with Crippen molar-refractivity contribution in [1.29, 1.82) is 0 Å². The first-order valence-corrected chi connectivity index (χ1v) is 22.8. The number of para-hydroxylation sites is 1. The van der Waals surface area contributed by atoms with Crippen LogP contribution in [0.15, 0.2) is 237 Å². The number of rotatable bonds is 11. The largest absolute Gasteiger partial charge is 0.342 e. The fraction of sp³-hybridized carbons (Fsp3) is 0.129. The zero-order chi connectivity index (χ0) is 43.6. The summed E-state index contributed by atoms with van der Waals surface area (Å²) in [6.07, 6.45) is 0. The molecule has 1 aliphatic rings. The molecule has 0 saturated heterocycles. The summed E-state index contributed by atoms with van der Waals surface area (Å²) in [5.74, 6) is 0.611. The second-order valence-corrected chi connectivity index (χ2v) is 17.6. The van der Waals surface area contributed by atoms with E-state index < -0.39 is 5.54 Å². The molecule has 312 valence electrons. The lowest BCUT2D eigenvalue weighted by Gasteiger charge is -2.47. The van der Waals surface area contributed by atoms with E-state index in [2.05, 4.69) is 274 Å². The normalized spacial score (nSPS) is 14.2. The van der Waals surface area contributed by atoms with Crippen LogP contribution in [-0.2, 0) is 5.54 Å².